The van der Waals surface area contributed by atoms with Crippen LogP contribution in [-0.2, 0) is 32.1 Å². The van der Waals surface area contributed by atoms with Gasteiger partial charge in [0.1, 0.15) is 5.75 Å². The van der Waals surface area contributed by atoms with Crippen molar-refractivity contribution in [3.8, 4) is 5.75 Å². The molecule has 2 aromatic carbocycles. The second kappa shape index (κ2) is 6.92. The van der Waals surface area contributed by atoms with E-state index in [1.165, 1.54) is 47.1 Å². The normalized spacial score (nSPS) is 16.0. The van der Waals surface area contributed by atoms with Gasteiger partial charge in [0.2, 0.25) is 0 Å². The molecule has 25 heavy (non-hydrogen) atoms. The maximum Gasteiger partial charge on any atom is 0.122 e. The van der Waals surface area contributed by atoms with Crippen molar-refractivity contribution in [2.24, 2.45) is 5.92 Å². The van der Waals surface area contributed by atoms with E-state index in [-0.39, 0.29) is 0 Å². The van der Waals surface area contributed by atoms with Crippen LogP contribution in [0, 0.1) is 5.92 Å². The van der Waals surface area contributed by atoms with Crippen LogP contribution in [-0.4, -0.2) is 6.61 Å². The zero-order valence-electron chi connectivity index (χ0n) is 14.9. The van der Waals surface area contributed by atoms with E-state index in [0.29, 0.717) is 5.92 Å². The van der Waals surface area contributed by atoms with E-state index in [4.69, 9.17) is 4.74 Å². The van der Waals surface area contributed by atoms with Crippen LogP contribution in [0.1, 0.15) is 34.2 Å². The summed E-state index contributed by atoms with van der Waals surface area (Å²) in [7, 11) is 0. The molecule has 0 saturated carbocycles. The molecule has 0 aromatic heterocycles. The molecule has 0 amide bonds. The van der Waals surface area contributed by atoms with Crippen molar-refractivity contribution < 1.29 is 4.74 Å². The first-order valence-electron chi connectivity index (χ1n) is 9.38. The molecule has 0 bridgehead atoms. The molecule has 4 rings (SSSR count). The molecule has 0 spiro atoms. The van der Waals surface area contributed by atoms with Crippen molar-refractivity contribution >= 4 is 0 Å². The number of rotatable bonds is 6. The minimum Gasteiger partial charge on any atom is -0.493 e. The molecule has 1 heterocycles. The van der Waals surface area contributed by atoms with Crippen molar-refractivity contribution in [3.05, 3.63) is 89.0 Å². The summed E-state index contributed by atoms with van der Waals surface area (Å²) in [6.45, 7) is 9.27. The van der Waals surface area contributed by atoms with Crippen LogP contribution >= 0.6 is 0 Å². The Morgan fingerprint density at radius 1 is 1.00 bits per heavy atom. The Bertz CT molecular complexity index is 815. The molecule has 0 fully saturated rings. The highest BCUT2D eigenvalue weighted by Gasteiger charge is 2.16. The van der Waals surface area contributed by atoms with Crippen LogP contribution in [0.15, 0.2) is 61.2 Å². The van der Waals surface area contributed by atoms with Crippen LogP contribution in [0.2, 0.25) is 0 Å². The van der Waals surface area contributed by atoms with Gasteiger partial charge in [-0.1, -0.05) is 48.6 Å². The lowest BCUT2D eigenvalue weighted by atomic mass is 9.88. The van der Waals surface area contributed by atoms with Crippen LogP contribution in [0.5, 0.6) is 5.75 Å². The molecular formula is C24H26O. The summed E-state index contributed by atoms with van der Waals surface area (Å²) in [5.74, 6) is 1.37. The molecule has 1 aliphatic carbocycles. The predicted octanol–water partition coefficient (Wildman–Crippen LogP) is 5.25. The fourth-order valence-electron chi connectivity index (χ4n) is 4.14. The molecule has 1 aliphatic heterocycles. The lowest BCUT2D eigenvalue weighted by Crippen LogP contribution is -2.07. The van der Waals surface area contributed by atoms with Gasteiger partial charge < -0.3 is 4.74 Å². The van der Waals surface area contributed by atoms with Gasteiger partial charge in [0, 0.05) is 12.3 Å². The summed E-state index contributed by atoms with van der Waals surface area (Å²) in [6, 6.07) is 13.6. The Balaban J connectivity index is 1.45. The average Bonchev–Trinajstić information content (AvgIpc) is 3.27. The minimum atomic E-state index is 0.314. The third kappa shape index (κ3) is 3.42. The molecule has 1 nitrogen and oxygen atoms in total. The van der Waals surface area contributed by atoms with E-state index in [9.17, 15) is 0 Å². The SMILES string of the molecule is C=CC(Cc1ccc2c(c1)CCO2)C(=C)Cc1ccc2c(c1)CCC2. The Morgan fingerprint density at radius 3 is 2.68 bits per heavy atom. The number of hydrogen-bond donors (Lipinski definition) is 0. The zero-order chi connectivity index (χ0) is 17.2. The molecule has 1 heteroatoms. The molecule has 2 aliphatic rings. The molecule has 128 valence electrons. The number of aryl methyl sites for hydroxylation is 2. The second-order valence-corrected chi connectivity index (χ2v) is 7.38. The number of hydrogen-bond acceptors (Lipinski definition) is 1. The first-order chi connectivity index (χ1) is 12.2. The summed E-state index contributed by atoms with van der Waals surface area (Å²) in [5, 5.41) is 0. The lowest BCUT2D eigenvalue weighted by Gasteiger charge is -2.17. The zero-order valence-corrected chi connectivity index (χ0v) is 14.9. The predicted molar refractivity (Wildman–Crippen MR) is 104 cm³/mol. The Morgan fingerprint density at radius 2 is 1.80 bits per heavy atom. The summed E-state index contributed by atoms with van der Waals surface area (Å²) in [5.41, 5.74) is 8.41. The Hall–Kier alpha value is -2.28. The maximum atomic E-state index is 5.61. The van der Waals surface area contributed by atoms with Crippen molar-refractivity contribution in [2.75, 3.05) is 6.61 Å². The van der Waals surface area contributed by atoms with Crippen molar-refractivity contribution in [1.29, 1.82) is 0 Å². The van der Waals surface area contributed by atoms with Gasteiger partial charge in [-0.05, 0) is 66.0 Å². The molecule has 0 N–H and O–H groups in total. The topological polar surface area (TPSA) is 9.23 Å². The number of ether oxygens (including phenoxy) is 1. The van der Waals surface area contributed by atoms with Crippen LogP contribution < -0.4 is 4.74 Å². The van der Waals surface area contributed by atoms with Crippen molar-refractivity contribution in [3.63, 3.8) is 0 Å². The minimum absolute atomic E-state index is 0.314. The van der Waals surface area contributed by atoms with Gasteiger partial charge in [-0.2, -0.15) is 0 Å². The maximum absolute atomic E-state index is 5.61. The standard InChI is InChI=1S/C24H26O/c1-3-20(14-19-8-10-24-23(16-19)11-12-25-24)17(2)13-18-7-9-21-5-4-6-22(21)15-18/h3,7-10,15-16,20H,1-2,4-6,11-14H2. The average molecular weight is 330 g/mol. The van der Waals surface area contributed by atoms with Crippen LogP contribution in [0.25, 0.3) is 0 Å². The van der Waals surface area contributed by atoms with E-state index in [2.05, 4.69) is 55.6 Å². The Kier molecular flexibility index (Phi) is 4.48. The smallest absolute Gasteiger partial charge is 0.122 e. The monoisotopic (exact) mass is 330 g/mol. The van der Waals surface area contributed by atoms with E-state index in [1.807, 2.05) is 0 Å². The molecule has 2 aromatic rings. The van der Waals surface area contributed by atoms with Gasteiger partial charge in [0.05, 0.1) is 6.61 Å². The fraction of sp³-hybridized carbons (Fsp3) is 0.333. The van der Waals surface area contributed by atoms with Gasteiger partial charge in [0.15, 0.2) is 0 Å². The van der Waals surface area contributed by atoms with E-state index < -0.39 is 0 Å². The lowest BCUT2D eigenvalue weighted by molar-refractivity contribution is 0.357. The first kappa shape index (κ1) is 16.2. The van der Waals surface area contributed by atoms with Gasteiger partial charge in [-0.25, -0.2) is 0 Å². The van der Waals surface area contributed by atoms with Gasteiger partial charge in [-0.15, -0.1) is 6.58 Å². The van der Waals surface area contributed by atoms with Crippen molar-refractivity contribution in [1.82, 2.24) is 0 Å². The number of benzene rings is 2. The number of fused-ring (bicyclic) bond motifs is 2. The Labute approximate surface area is 151 Å². The quantitative estimate of drug-likeness (QED) is 0.657. The van der Waals surface area contributed by atoms with E-state index in [0.717, 1.165) is 31.6 Å². The second-order valence-electron chi connectivity index (χ2n) is 7.38. The summed E-state index contributed by atoms with van der Waals surface area (Å²) in [4.78, 5) is 0. The summed E-state index contributed by atoms with van der Waals surface area (Å²) >= 11 is 0. The highest BCUT2D eigenvalue weighted by molar-refractivity contribution is 5.41. The molecule has 1 unspecified atom stereocenters. The highest BCUT2D eigenvalue weighted by Crippen LogP contribution is 2.29. The van der Waals surface area contributed by atoms with E-state index >= 15 is 0 Å². The van der Waals surface area contributed by atoms with E-state index in [1.54, 1.807) is 5.56 Å². The van der Waals surface area contributed by atoms with Crippen molar-refractivity contribution in [2.45, 2.75) is 38.5 Å². The molecular weight excluding hydrogens is 304 g/mol. The van der Waals surface area contributed by atoms with Gasteiger partial charge >= 0.3 is 0 Å². The summed E-state index contributed by atoms with van der Waals surface area (Å²) in [6.07, 6.45) is 8.78. The van der Waals surface area contributed by atoms with Crippen LogP contribution in [0.3, 0.4) is 0 Å². The third-order valence-electron chi connectivity index (χ3n) is 5.61. The summed E-state index contributed by atoms with van der Waals surface area (Å²) < 4.78 is 5.61. The molecule has 0 saturated heterocycles. The third-order valence-corrected chi connectivity index (χ3v) is 5.61. The first-order valence-corrected chi connectivity index (χ1v) is 9.38. The largest absolute Gasteiger partial charge is 0.493 e. The molecule has 1 atom stereocenters. The van der Waals surface area contributed by atoms with Gasteiger partial charge in [0.25, 0.3) is 0 Å². The molecule has 0 radical (unpaired) electrons. The number of allylic oxidation sites excluding steroid dienone is 2. The van der Waals surface area contributed by atoms with Gasteiger partial charge in [-0.3, -0.25) is 0 Å². The van der Waals surface area contributed by atoms with Crippen LogP contribution in [0.4, 0.5) is 0 Å². The highest BCUT2D eigenvalue weighted by atomic mass is 16.5. The fourth-order valence-corrected chi connectivity index (χ4v) is 4.14.